The summed E-state index contributed by atoms with van der Waals surface area (Å²) < 4.78 is 17.4. The van der Waals surface area contributed by atoms with Crippen molar-refractivity contribution in [3.05, 3.63) is 89.5 Å². The molecule has 1 aliphatic rings. The SMILES string of the molecule is COc1ccc(/C=[N+]2\NC(=O)[C@@H](NC(=O)c3ccc(OC)cc3)[C@H]2c2ccc(OC)cc2)cc1. The minimum atomic E-state index is -0.822. The standard InChI is InChI=1S/C26H25N3O5/c1-32-20-10-4-17(5-11-20)16-29-24(18-6-12-21(33-2)13-7-18)23(26(31)28-29)27-25(30)19-8-14-22(34-3)15-9-19/h4-16,23-24H,1-3H3,(H-,27,28,30,31)/p+1/b29-16-/t23-,24+/m0/s1. The second-order valence-corrected chi connectivity index (χ2v) is 7.68. The highest BCUT2D eigenvalue weighted by Gasteiger charge is 2.47. The van der Waals surface area contributed by atoms with Gasteiger partial charge in [0.25, 0.3) is 5.91 Å². The highest BCUT2D eigenvalue weighted by atomic mass is 16.5. The topological polar surface area (TPSA) is 88.9 Å². The molecule has 34 heavy (non-hydrogen) atoms. The van der Waals surface area contributed by atoms with Crippen LogP contribution in [0.25, 0.3) is 0 Å². The van der Waals surface area contributed by atoms with Crippen LogP contribution in [0, 0.1) is 0 Å². The third kappa shape index (κ3) is 4.85. The van der Waals surface area contributed by atoms with E-state index in [2.05, 4.69) is 10.7 Å². The summed E-state index contributed by atoms with van der Waals surface area (Å²) in [4.78, 5) is 26.0. The minimum Gasteiger partial charge on any atom is -0.497 e. The molecule has 0 saturated carbocycles. The smallest absolute Gasteiger partial charge is 0.304 e. The van der Waals surface area contributed by atoms with Gasteiger partial charge < -0.3 is 19.5 Å². The molecule has 0 aliphatic carbocycles. The van der Waals surface area contributed by atoms with Crippen molar-refractivity contribution >= 4 is 18.0 Å². The predicted octanol–water partition coefficient (Wildman–Crippen LogP) is 2.73. The molecular weight excluding hydrogens is 434 g/mol. The molecule has 2 amide bonds. The molecule has 2 N–H and O–H groups in total. The maximum Gasteiger partial charge on any atom is 0.304 e. The van der Waals surface area contributed by atoms with Crippen molar-refractivity contribution in [2.75, 3.05) is 21.3 Å². The number of hydrogen-bond acceptors (Lipinski definition) is 5. The predicted molar refractivity (Wildman–Crippen MR) is 127 cm³/mol. The molecular formula is C26H26N3O5+. The number of benzene rings is 3. The molecule has 1 fully saturated rings. The molecule has 174 valence electrons. The fourth-order valence-corrected chi connectivity index (χ4v) is 3.80. The number of rotatable bonds is 7. The number of methoxy groups -OCH3 is 3. The Morgan fingerprint density at radius 1 is 0.824 bits per heavy atom. The molecule has 1 heterocycles. The summed E-state index contributed by atoms with van der Waals surface area (Å²) in [6.45, 7) is 0. The van der Waals surface area contributed by atoms with Crippen LogP contribution in [0.4, 0.5) is 0 Å². The second kappa shape index (κ2) is 10.1. The van der Waals surface area contributed by atoms with Crippen LogP contribution >= 0.6 is 0 Å². The van der Waals surface area contributed by atoms with Crippen molar-refractivity contribution in [1.82, 2.24) is 10.7 Å². The third-order valence-electron chi connectivity index (χ3n) is 5.64. The summed E-state index contributed by atoms with van der Waals surface area (Å²) >= 11 is 0. The molecule has 4 rings (SSSR count). The van der Waals surface area contributed by atoms with Crippen LogP contribution in [0.1, 0.15) is 27.5 Å². The Labute approximate surface area is 197 Å². The van der Waals surface area contributed by atoms with Crippen molar-refractivity contribution in [2.45, 2.75) is 12.1 Å². The van der Waals surface area contributed by atoms with E-state index in [0.717, 1.165) is 16.9 Å². The molecule has 1 aliphatic heterocycles. The zero-order valence-corrected chi connectivity index (χ0v) is 19.1. The summed E-state index contributed by atoms with van der Waals surface area (Å²) in [6.07, 6.45) is 1.83. The molecule has 0 aromatic heterocycles. The van der Waals surface area contributed by atoms with Gasteiger partial charge in [0.1, 0.15) is 17.2 Å². The first-order valence-corrected chi connectivity index (χ1v) is 10.7. The van der Waals surface area contributed by atoms with Gasteiger partial charge >= 0.3 is 5.91 Å². The molecule has 3 aromatic rings. The number of carbonyl (C=O) groups excluding carboxylic acids is 2. The van der Waals surface area contributed by atoms with Crippen LogP contribution in [-0.4, -0.2) is 50.1 Å². The fourth-order valence-electron chi connectivity index (χ4n) is 3.80. The Morgan fingerprint density at radius 2 is 1.32 bits per heavy atom. The first kappa shape index (κ1) is 22.8. The van der Waals surface area contributed by atoms with Crippen LogP contribution in [0.3, 0.4) is 0 Å². The zero-order chi connectivity index (χ0) is 24.1. The number of amides is 2. The van der Waals surface area contributed by atoms with Gasteiger partial charge in [0.15, 0.2) is 6.04 Å². The second-order valence-electron chi connectivity index (χ2n) is 7.68. The lowest BCUT2D eigenvalue weighted by Gasteiger charge is -2.15. The number of hydrazine groups is 1. The van der Waals surface area contributed by atoms with Gasteiger partial charge in [-0.05, 0) is 72.8 Å². The van der Waals surface area contributed by atoms with Crippen molar-refractivity contribution in [1.29, 1.82) is 0 Å². The molecule has 8 nitrogen and oxygen atoms in total. The van der Waals surface area contributed by atoms with Gasteiger partial charge in [-0.25, -0.2) is 0 Å². The molecule has 0 radical (unpaired) electrons. The first-order valence-electron chi connectivity index (χ1n) is 10.7. The number of ether oxygens (including phenoxy) is 3. The lowest BCUT2D eigenvalue weighted by atomic mass is 9.99. The van der Waals surface area contributed by atoms with Crippen LogP contribution < -0.4 is 25.0 Å². The van der Waals surface area contributed by atoms with Crippen LogP contribution in [0.5, 0.6) is 17.2 Å². The van der Waals surface area contributed by atoms with E-state index < -0.39 is 12.1 Å². The molecule has 0 bridgehead atoms. The normalized spacial score (nSPS) is 18.3. The summed E-state index contributed by atoms with van der Waals surface area (Å²) in [6, 6.07) is 20.3. The van der Waals surface area contributed by atoms with Crippen LogP contribution in [-0.2, 0) is 4.79 Å². The molecule has 0 spiro atoms. The molecule has 3 aromatic carbocycles. The van der Waals surface area contributed by atoms with Crippen molar-refractivity contribution in [3.8, 4) is 17.2 Å². The van der Waals surface area contributed by atoms with Crippen LogP contribution in [0.15, 0.2) is 72.8 Å². The zero-order valence-electron chi connectivity index (χ0n) is 19.1. The number of nitrogens with one attached hydrogen (secondary N) is 2. The number of nitrogens with zero attached hydrogens (tertiary/aromatic N) is 1. The van der Waals surface area contributed by atoms with Gasteiger partial charge in [0.05, 0.1) is 21.3 Å². The Kier molecular flexibility index (Phi) is 6.77. The van der Waals surface area contributed by atoms with Gasteiger partial charge in [-0.2, -0.15) is 0 Å². The summed E-state index contributed by atoms with van der Waals surface area (Å²) in [5.74, 6) is 1.41. The first-order chi connectivity index (χ1) is 16.5. The van der Waals surface area contributed by atoms with E-state index in [1.165, 1.54) is 0 Å². The van der Waals surface area contributed by atoms with Crippen molar-refractivity contribution < 1.29 is 28.5 Å². The van der Waals surface area contributed by atoms with Gasteiger partial charge in [0, 0.05) is 16.7 Å². The van der Waals surface area contributed by atoms with Crippen molar-refractivity contribution in [3.63, 3.8) is 0 Å². The summed E-state index contributed by atoms with van der Waals surface area (Å²) in [7, 11) is 4.76. The van der Waals surface area contributed by atoms with E-state index in [4.69, 9.17) is 14.2 Å². The Morgan fingerprint density at radius 3 is 1.85 bits per heavy atom. The third-order valence-corrected chi connectivity index (χ3v) is 5.64. The van der Waals surface area contributed by atoms with Gasteiger partial charge in [-0.1, -0.05) is 0 Å². The minimum absolute atomic E-state index is 0.313. The number of carbonyl (C=O) groups is 2. The molecule has 8 heteroatoms. The summed E-state index contributed by atoms with van der Waals surface area (Å²) in [5, 5.41) is 2.89. The quantitative estimate of drug-likeness (QED) is 0.530. The van der Waals surface area contributed by atoms with Crippen molar-refractivity contribution in [2.24, 2.45) is 0 Å². The number of hydrogen-bond donors (Lipinski definition) is 2. The van der Waals surface area contributed by atoms with E-state index in [9.17, 15) is 9.59 Å². The highest BCUT2D eigenvalue weighted by molar-refractivity contribution is 5.98. The lowest BCUT2D eigenvalue weighted by molar-refractivity contribution is -0.596. The molecule has 1 saturated heterocycles. The largest absolute Gasteiger partial charge is 0.497 e. The van der Waals surface area contributed by atoms with E-state index in [1.54, 1.807) is 50.3 Å². The Balaban J connectivity index is 1.67. The Bertz CT molecular complexity index is 1190. The molecule has 2 atom stereocenters. The van der Waals surface area contributed by atoms with Gasteiger partial charge in [0.2, 0.25) is 12.3 Å². The van der Waals surface area contributed by atoms with E-state index in [1.807, 2.05) is 54.7 Å². The fraction of sp³-hybridized carbons (Fsp3) is 0.192. The van der Waals surface area contributed by atoms with E-state index >= 15 is 0 Å². The van der Waals surface area contributed by atoms with Crippen LogP contribution in [0.2, 0.25) is 0 Å². The Hall–Kier alpha value is -4.33. The van der Waals surface area contributed by atoms with E-state index in [-0.39, 0.29) is 11.8 Å². The maximum absolute atomic E-state index is 13.0. The van der Waals surface area contributed by atoms with E-state index in [0.29, 0.717) is 17.1 Å². The average molecular weight is 461 g/mol. The van der Waals surface area contributed by atoms with Gasteiger partial charge in [-0.15, -0.1) is 10.1 Å². The van der Waals surface area contributed by atoms with Gasteiger partial charge in [-0.3, -0.25) is 9.59 Å². The summed E-state index contributed by atoms with van der Waals surface area (Å²) in [5.41, 5.74) is 5.00. The highest BCUT2D eigenvalue weighted by Crippen LogP contribution is 2.27. The average Bonchev–Trinajstić information content (AvgIpc) is 3.18. The lowest BCUT2D eigenvalue weighted by Crippen LogP contribution is -2.42. The molecule has 0 unspecified atom stereocenters. The monoisotopic (exact) mass is 460 g/mol. The maximum atomic E-state index is 13.0. The number of hydrazone groups is 1.